The van der Waals surface area contributed by atoms with Crippen molar-refractivity contribution >= 4 is 17.7 Å². The lowest BCUT2D eigenvalue weighted by atomic mass is 9.76. The number of likely N-dealkylation sites (tertiary alicyclic amines) is 1. The Labute approximate surface area is 232 Å². The second-order valence-electron chi connectivity index (χ2n) is 12.4. The van der Waals surface area contributed by atoms with Gasteiger partial charge in [0.1, 0.15) is 5.60 Å². The summed E-state index contributed by atoms with van der Waals surface area (Å²) in [6, 6.07) is 16.4. The first kappa shape index (κ1) is 29.0. The summed E-state index contributed by atoms with van der Waals surface area (Å²) in [4.78, 5) is 41.9. The van der Waals surface area contributed by atoms with E-state index >= 15 is 0 Å². The van der Waals surface area contributed by atoms with Gasteiger partial charge in [-0.15, -0.1) is 0 Å². The lowest BCUT2D eigenvalue weighted by Gasteiger charge is -2.35. The fourth-order valence-corrected chi connectivity index (χ4v) is 6.18. The third-order valence-electron chi connectivity index (χ3n) is 8.37. The van der Waals surface area contributed by atoms with Gasteiger partial charge < -0.3 is 9.64 Å². The molecule has 1 heterocycles. The molecule has 0 bridgehead atoms. The van der Waals surface area contributed by atoms with Crippen LogP contribution in [-0.4, -0.2) is 47.4 Å². The van der Waals surface area contributed by atoms with Gasteiger partial charge in [-0.1, -0.05) is 49.4 Å². The van der Waals surface area contributed by atoms with E-state index in [1.807, 2.05) is 62.9 Å². The molecule has 3 atom stereocenters. The molecule has 1 amide bonds. The summed E-state index contributed by atoms with van der Waals surface area (Å²) >= 11 is 0. The van der Waals surface area contributed by atoms with Crippen LogP contribution in [0.25, 0.3) is 0 Å². The van der Waals surface area contributed by atoms with Gasteiger partial charge in [0.2, 0.25) is 5.91 Å². The van der Waals surface area contributed by atoms with E-state index in [-0.39, 0.29) is 42.5 Å². The van der Waals surface area contributed by atoms with Crippen LogP contribution in [0.3, 0.4) is 0 Å². The lowest BCUT2D eigenvalue weighted by molar-refractivity contribution is -0.142. The number of carbonyl (C=O) groups is 3. The Bertz CT molecular complexity index is 1130. The number of ether oxygens (including phenoxy) is 1. The van der Waals surface area contributed by atoms with Crippen LogP contribution in [-0.2, 0) is 20.7 Å². The minimum Gasteiger partial charge on any atom is -0.456 e. The van der Waals surface area contributed by atoms with E-state index in [1.165, 1.54) is 0 Å². The maximum atomic E-state index is 13.9. The molecule has 0 N–H and O–H groups in total. The van der Waals surface area contributed by atoms with Crippen LogP contribution in [0.1, 0.15) is 87.2 Å². The number of rotatable bonds is 8. The highest BCUT2D eigenvalue weighted by molar-refractivity contribution is 5.93. The van der Waals surface area contributed by atoms with Gasteiger partial charge in [-0.25, -0.2) is 4.79 Å². The van der Waals surface area contributed by atoms with Crippen LogP contribution in [0.15, 0.2) is 54.6 Å². The Morgan fingerprint density at radius 2 is 1.59 bits per heavy atom. The van der Waals surface area contributed by atoms with E-state index in [2.05, 4.69) is 0 Å². The predicted molar refractivity (Wildman–Crippen MR) is 150 cm³/mol. The number of benzene rings is 2. The summed E-state index contributed by atoms with van der Waals surface area (Å²) in [5, 5.41) is 0. The van der Waals surface area contributed by atoms with Gasteiger partial charge in [-0.05, 0) is 88.0 Å². The van der Waals surface area contributed by atoms with Crippen molar-refractivity contribution in [3.63, 3.8) is 0 Å². The lowest BCUT2D eigenvalue weighted by Crippen LogP contribution is -2.46. The molecule has 39 heavy (non-hydrogen) atoms. The van der Waals surface area contributed by atoms with Crippen molar-refractivity contribution in [2.24, 2.45) is 17.8 Å². The van der Waals surface area contributed by atoms with Gasteiger partial charge in [0.15, 0.2) is 5.78 Å². The second-order valence-corrected chi connectivity index (χ2v) is 12.4. The highest BCUT2D eigenvalue weighted by Crippen LogP contribution is 2.39. The number of ketones is 1. The summed E-state index contributed by atoms with van der Waals surface area (Å²) in [5.41, 5.74) is 1.74. The first-order valence-electron chi connectivity index (χ1n) is 14.3. The number of Topliss-reactive ketones (excluding diaryl/α,β-unsaturated/α-hetero) is 1. The molecule has 1 saturated heterocycles. The molecule has 0 aromatic heterocycles. The van der Waals surface area contributed by atoms with Gasteiger partial charge in [0.05, 0.1) is 18.3 Å². The van der Waals surface area contributed by atoms with E-state index in [9.17, 15) is 18.8 Å². The summed E-state index contributed by atoms with van der Waals surface area (Å²) in [7, 11) is 0. The molecule has 1 aliphatic carbocycles. The molecule has 2 aromatic rings. The third kappa shape index (κ3) is 7.14. The van der Waals surface area contributed by atoms with Gasteiger partial charge in [0, 0.05) is 24.8 Å². The Hall–Kier alpha value is -3.02. The van der Waals surface area contributed by atoms with E-state index in [0.29, 0.717) is 18.0 Å². The maximum Gasteiger partial charge on any atom is 0.338 e. The number of alkyl halides is 1. The summed E-state index contributed by atoms with van der Waals surface area (Å²) in [6.45, 7) is 7.67. The van der Waals surface area contributed by atoms with Crippen LogP contribution >= 0.6 is 0 Å². The van der Waals surface area contributed by atoms with Crippen molar-refractivity contribution in [3.05, 3.63) is 71.3 Å². The molecule has 4 rings (SSSR count). The largest absolute Gasteiger partial charge is 0.456 e. The molecular weight excluding hydrogens is 493 g/mol. The number of carbonyl (C=O) groups excluding carboxylic acids is 3. The molecule has 0 spiro atoms. The van der Waals surface area contributed by atoms with E-state index in [4.69, 9.17) is 4.74 Å². The van der Waals surface area contributed by atoms with Crippen LogP contribution in [0, 0.1) is 17.8 Å². The van der Waals surface area contributed by atoms with Crippen LogP contribution in [0.5, 0.6) is 0 Å². The van der Waals surface area contributed by atoms with Crippen molar-refractivity contribution in [3.8, 4) is 0 Å². The molecule has 1 saturated carbocycles. The molecule has 0 radical (unpaired) electrons. The van der Waals surface area contributed by atoms with Gasteiger partial charge in [0.25, 0.3) is 0 Å². The van der Waals surface area contributed by atoms with Gasteiger partial charge in [-0.2, -0.15) is 0 Å². The molecule has 1 unspecified atom stereocenters. The average molecular weight is 536 g/mol. The maximum absolute atomic E-state index is 13.9. The average Bonchev–Trinajstić information content (AvgIpc) is 3.38. The number of nitrogens with zero attached hydrogens (tertiary/aromatic N) is 1. The molecule has 210 valence electrons. The normalized spacial score (nSPS) is 24.3. The Balaban J connectivity index is 1.49. The summed E-state index contributed by atoms with van der Waals surface area (Å²) < 4.78 is 18.6. The zero-order valence-electron chi connectivity index (χ0n) is 23.7. The Morgan fingerprint density at radius 3 is 2.18 bits per heavy atom. The van der Waals surface area contributed by atoms with Crippen molar-refractivity contribution in [1.29, 1.82) is 0 Å². The van der Waals surface area contributed by atoms with E-state index in [0.717, 1.165) is 43.2 Å². The SMILES string of the molecule is CC(CF)C1CCC(C(=O)N2CC[C@H](c3ccccc3)[C@H]2C(=O)Cc2ccc(C(=O)OC(C)(C)C)cc2)CC1. The number of hydrogen-bond donors (Lipinski definition) is 0. The standard InChI is InChI=1S/C33H42FNO4/c1-22(21-34)24-14-16-26(17-15-24)31(37)35-19-18-28(25-8-6-5-7-9-25)30(35)29(36)20-23-10-12-27(13-11-23)32(38)39-33(2,3)4/h5-13,22,24,26,28,30H,14-21H2,1-4H3/t22?,24?,26?,28-,30+/m1/s1. The fraction of sp³-hybridized carbons (Fsp3) is 0.545. The molecule has 2 aliphatic rings. The topological polar surface area (TPSA) is 63.7 Å². The van der Waals surface area contributed by atoms with Crippen molar-refractivity contribution in [2.75, 3.05) is 13.2 Å². The zero-order valence-corrected chi connectivity index (χ0v) is 23.7. The zero-order chi connectivity index (χ0) is 28.2. The summed E-state index contributed by atoms with van der Waals surface area (Å²) in [5.74, 6) is -0.106. The predicted octanol–water partition coefficient (Wildman–Crippen LogP) is 6.55. The Kier molecular flexibility index (Phi) is 9.24. The molecule has 1 aliphatic heterocycles. The highest BCUT2D eigenvalue weighted by Gasteiger charge is 2.44. The third-order valence-corrected chi connectivity index (χ3v) is 8.37. The fourth-order valence-electron chi connectivity index (χ4n) is 6.18. The number of amides is 1. The molecule has 6 heteroatoms. The second kappa shape index (κ2) is 12.4. The van der Waals surface area contributed by atoms with Crippen LogP contribution in [0.2, 0.25) is 0 Å². The number of esters is 1. The first-order chi connectivity index (χ1) is 18.6. The quantitative estimate of drug-likeness (QED) is 0.360. The molecule has 2 aromatic carbocycles. The van der Waals surface area contributed by atoms with Gasteiger partial charge in [-0.3, -0.25) is 14.0 Å². The van der Waals surface area contributed by atoms with E-state index < -0.39 is 17.6 Å². The molecule has 5 nitrogen and oxygen atoms in total. The van der Waals surface area contributed by atoms with Crippen molar-refractivity contribution in [2.45, 2.75) is 83.8 Å². The van der Waals surface area contributed by atoms with Crippen molar-refractivity contribution < 1.29 is 23.5 Å². The smallest absolute Gasteiger partial charge is 0.338 e. The number of hydrogen-bond acceptors (Lipinski definition) is 4. The van der Waals surface area contributed by atoms with Crippen molar-refractivity contribution in [1.82, 2.24) is 4.90 Å². The Morgan fingerprint density at radius 1 is 0.949 bits per heavy atom. The number of halogens is 1. The minimum atomic E-state index is -0.582. The molecule has 2 fully saturated rings. The van der Waals surface area contributed by atoms with E-state index in [1.54, 1.807) is 24.3 Å². The first-order valence-corrected chi connectivity index (χ1v) is 14.3. The van der Waals surface area contributed by atoms with Gasteiger partial charge >= 0.3 is 5.97 Å². The highest BCUT2D eigenvalue weighted by atomic mass is 19.1. The summed E-state index contributed by atoms with van der Waals surface area (Å²) in [6.07, 6.45) is 4.17. The monoisotopic (exact) mass is 535 g/mol. The molecular formula is C33H42FNO4. The van der Waals surface area contributed by atoms with Crippen LogP contribution < -0.4 is 0 Å². The van der Waals surface area contributed by atoms with Crippen LogP contribution in [0.4, 0.5) is 4.39 Å². The minimum absolute atomic E-state index is 0.0134.